The molecule has 7 heteroatoms. The summed E-state index contributed by atoms with van der Waals surface area (Å²) in [6, 6.07) is 18.5. The highest BCUT2D eigenvalue weighted by Crippen LogP contribution is 2.27. The molecule has 0 spiro atoms. The maximum atomic E-state index is 9.55. The maximum Gasteiger partial charge on any atom is 0.328 e. The van der Waals surface area contributed by atoms with E-state index in [4.69, 9.17) is 10.2 Å². The molecule has 0 aliphatic carbocycles. The molecule has 0 unspecified atom stereocenters. The van der Waals surface area contributed by atoms with Gasteiger partial charge in [-0.05, 0) is 11.6 Å². The molecule has 0 saturated heterocycles. The lowest BCUT2D eigenvalue weighted by atomic mass is 10.0. The number of rotatable bonds is 4. The minimum Gasteiger partial charge on any atom is -0.478 e. The van der Waals surface area contributed by atoms with Crippen molar-refractivity contribution in [2.45, 2.75) is 0 Å². The molecule has 136 valence electrons. The fraction of sp³-hybridized carbons (Fsp3) is 0.105. The van der Waals surface area contributed by atoms with Gasteiger partial charge in [0.2, 0.25) is 0 Å². The van der Waals surface area contributed by atoms with Crippen LogP contribution in [0.3, 0.4) is 0 Å². The van der Waals surface area contributed by atoms with Crippen LogP contribution in [-0.4, -0.2) is 42.2 Å². The van der Waals surface area contributed by atoms with Crippen molar-refractivity contribution in [3.05, 3.63) is 66.7 Å². The van der Waals surface area contributed by atoms with Crippen molar-refractivity contribution in [3.63, 3.8) is 0 Å². The Morgan fingerprint density at radius 3 is 1.96 bits per heavy atom. The number of carbonyl (C=O) groups is 2. The van der Waals surface area contributed by atoms with E-state index in [0.29, 0.717) is 12.2 Å². The summed E-state index contributed by atoms with van der Waals surface area (Å²) in [6.07, 6.45) is 1.12. The Kier molecular flexibility index (Phi) is 8.67. The van der Waals surface area contributed by atoms with E-state index in [1.807, 2.05) is 43.4 Å². The predicted molar refractivity (Wildman–Crippen MR) is 102 cm³/mol. The van der Waals surface area contributed by atoms with Gasteiger partial charge in [0.25, 0.3) is 0 Å². The molecule has 0 atom stereocenters. The van der Waals surface area contributed by atoms with Gasteiger partial charge in [-0.25, -0.2) is 9.59 Å². The van der Waals surface area contributed by atoms with E-state index in [9.17, 15) is 9.59 Å². The Morgan fingerprint density at radius 2 is 1.46 bits per heavy atom. The first-order chi connectivity index (χ1) is 12.5. The Labute approximate surface area is 151 Å². The molecule has 0 heterocycles. The number of aliphatic imine (C=N–C) groups is 1. The normalized spacial score (nSPS) is 10.6. The van der Waals surface area contributed by atoms with Gasteiger partial charge in [-0.2, -0.15) is 0 Å². The monoisotopic (exact) mass is 355 g/mol. The second-order valence-corrected chi connectivity index (χ2v) is 4.87. The van der Waals surface area contributed by atoms with E-state index in [1.54, 1.807) is 7.05 Å². The zero-order valence-electron chi connectivity index (χ0n) is 14.5. The zero-order valence-corrected chi connectivity index (χ0v) is 14.5. The molecule has 0 amide bonds. The van der Waals surface area contributed by atoms with Crippen molar-refractivity contribution in [1.82, 2.24) is 5.32 Å². The second-order valence-electron chi connectivity index (χ2n) is 4.87. The molecular formula is C19H21N3O4. The van der Waals surface area contributed by atoms with Gasteiger partial charge < -0.3 is 20.8 Å². The number of anilines is 1. The Morgan fingerprint density at radius 1 is 0.923 bits per heavy atom. The highest BCUT2D eigenvalue weighted by Gasteiger charge is 2.05. The highest BCUT2D eigenvalue weighted by atomic mass is 16.4. The fourth-order valence-corrected chi connectivity index (χ4v) is 1.96. The molecule has 0 aliphatic rings. The van der Waals surface area contributed by atoms with Crippen LogP contribution in [-0.2, 0) is 9.59 Å². The van der Waals surface area contributed by atoms with E-state index in [-0.39, 0.29) is 0 Å². The molecular weight excluding hydrogens is 334 g/mol. The summed E-state index contributed by atoms with van der Waals surface area (Å²) >= 11 is 0. The van der Waals surface area contributed by atoms with Crippen molar-refractivity contribution < 1.29 is 19.8 Å². The van der Waals surface area contributed by atoms with Gasteiger partial charge in [0.05, 0.1) is 0 Å². The van der Waals surface area contributed by atoms with Gasteiger partial charge in [0.1, 0.15) is 0 Å². The highest BCUT2D eigenvalue weighted by molar-refractivity contribution is 5.97. The van der Waals surface area contributed by atoms with Crippen LogP contribution in [0.25, 0.3) is 11.1 Å². The number of hydrogen-bond acceptors (Lipinski definition) is 3. The van der Waals surface area contributed by atoms with Gasteiger partial charge in [0.15, 0.2) is 5.96 Å². The lowest BCUT2D eigenvalue weighted by Crippen LogP contribution is -2.27. The molecule has 26 heavy (non-hydrogen) atoms. The van der Waals surface area contributed by atoms with Crippen molar-refractivity contribution in [2.75, 3.05) is 19.4 Å². The largest absolute Gasteiger partial charge is 0.478 e. The lowest BCUT2D eigenvalue weighted by molar-refractivity contribution is -0.134. The molecule has 0 saturated carbocycles. The van der Waals surface area contributed by atoms with Crippen LogP contribution in [0.15, 0.2) is 71.7 Å². The molecule has 4 N–H and O–H groups in total. The number of carboxylic acids is 2. The third-order valence-corrected chi connectivity index (χ3v) is 3.09. The molecule has 0 radical (unpaired) electrons. The maximum absolute atomic E-state index is 9.55. The summed E-state index contributed by atoms with van der Waals surface area (Å²) in [5.41, 5.74) is 3.39. The summed E-state index contributed by atoms with van der Waals surface area (Å²) in [7, 11) is 3.60. The first kappa shape index (κ1) is 20.4. The van der Waals surface area contributed by atoms with Gasteiger partial charge in [-0.3, -0.25) is 4.99 Å². The van der Waals surface area contributed by atoms with Crippen LogP contribution >= 0.6 is 0 Å². The van der Waals surface area contributed by atoms with E-state index < -0.39 is 11.9 Å². The third-order valence-electron chi connectivity index (χ3n) is 3.09. The summed E-state index contributed by atoms with van der Waals surface area (Å²) < 4.78 is 0. The molecule has 7 nitrogen and oxygen atoms in total. The first-order valence-corrected chi connectivity index (χ1v) is 7.67. The van der Waals surface area contributed by atoms with Crippen LogP contribution in [0, 0.1) is 0 Å². The standard InChI is InChI=1S/C15H17N3.C4H4O4/c1-16-15(17-2)18-14-11-7-6-10-13(14)12-8-4-3-5-9-12;5-3(6)1-2-4(7)8/h3-11H,1-2H3,(H2,16,17,18);1-2H,(H,5,6)(H,7,8). The number of carboxylic acid groups (broad SMARTS) is 2. The molecule has 0 bridgehead atoms. The molecule has 0 fully saturated rings. The fourth-order valence-electron chi connectivity index (χ4n) is 1.96. The second kappa shape index (κ2) is 11.0. The van der Waals surface area contributed by atoms with Crippen LogP contribution < -0.4 is 10.6 Å². The molecule has 2 aromatic rings. The van der Waals surface area contributed by atoms with E-state index in [1.165, 1.54) is 5.56 Å². The average Bonchev–Trinajstić information content (AvgIpc) is 2.66. The summed E-state index contributed by atoms with van der Waals surface area (Å²) in [5.74, 6) is -1.77. The molecule has 0 aromatic heterocycles. The van der Waals surface area contributed by atoms with E-state index in [0.717, 1.165) is 17.2 Å². The van der Waals surface area contributed by atoms with Crippen LogP contribution in [0.4, 0.5) is 5.69 Å². The van der Waals surface area contributed by atoms with Gasteiger partial charge in [0, 0.05) is 37.5 Å². The zero-order chi connectivity index (χ0) is 19.4. The topological polar surface area (TPSA) is 111 Å². The SMILES string of the molecule is CN=C(NC)Nc1ccccc1-c1ccccc1.O=C(O)C=CC(=O)O. The van der Waals surface area contributed by atoms with Gasteiger partial charge in [-0.1, -0.05) is 48.5 Å². The number of guanidine groups is 1. The summed E-state index contributed by atoms with van der Waals surface area (Å²) in [4.78, 5) is 23.2. The number of para-hydroxylation sites is 1. The quantitative estimate of drug-likeness (QED) is 0.381. The molecule has 2 aromatic carbocycles. The number of nitrogens with zero attached hydrogens (tertiary/aromatic N) is 1. The summed E-state index contributed by atoms with van der Waals surface area (Å²) in [6.45, 7) is 0. The average molecular weight is 355 g/mol. The van der Waals surface area contributed by atoms with Crippen molar-refractivity contribution in [2.24, 2.45) is 4.99 Å². The van der Waals surface area contributed by atoms with E-state index in [2.05, 4.69) is 33.8 Å². The van der Waals surface area contributed by atoms with Gasteiger partial charge in [-0.15, -0.1) is 0 Å². The Hall–Kier alpha value is -3.61. The predicted octanol–water partition coefficient (Wildman–Crippen LogP) is 2.68. The van der Waals surface area contributed by atoms with Crippen molar-refractivity contribution in [1.29, 1.82) is 0 Å². The minimum absolute atomic E-state index is 0.558. The third kappa shape index (κ3) is 7.31. The number of benzene rings is 2. The smallest absolute Gasteiger partial charge is 0.328 e. The Balaban J connectivity index is 0.000000359. The minimum atomic E-state index is -1.26. The van der Waals surface area contributed by atoms with Crippen LogP contribution in [0.2, 0.25) is 0 Å². The first-order valence-electron chi connectivity index (χ1n) is 7.67. The van der Waals surface area contributed by atoms with Crippen LogP contribution in [0.1, 0.15) is 0 Å². The molecule has 0 aliphatic heterocycles. The number of nitrogens with one attached hydrogen (secondary N) is 2. The number of hydrogen-bond donors (Lipinski definition) is 4. The van der Waals surface area contributed by atoms with E-state index >= 15 is 0 Å². The summed E-state index contributed by atoms with van der Waals surface area (Å²) in [5, 5.41) is 21.9. The number of aliphatic carboxylic acids is 2. The van der Waals surface area contributed by atoms with Gasteiger partial charge >= 0.3 is 11.9 Å². The Bertz CT molecular complexity index is 770. The molecule has 2 rings (SSSR count). The van der Waals surface area contributed by atoms with Crippen molar-refractivity contribution in [3.8, 4) is 11.1 Å². The van der Waals surface area contributed by atoms with Crippen molar-refractivity contribution >= 4 is 23.6 Å². The lowest BCUT2D eigenvalue weighted by Gasteiger charge is -2.13. The van der Waals surface area contributed by atoms with Crippen LogP contribution in [0.5, 0.6) is 0 Å².